The van der Waals surface area contributed by atoms with E-state index in [1.807, 2.05) is 30.3 Å². The van der Waals surface area contributed by atoms with Crippen LogP contribution in [-0.4, -0.2) is 46.8 Å². The Balaban J connectivity index is 2.08. The number of aliphatic hydroxyl groups is 3. The molecule has 5 nitrogen and oxygen atoms in total. The van der Waals surface area contributed by atoms with Crippen molar-refractivity contribution in [2.75, 3.05) is 13.2 Å². The van der Waals surface area contributed by atoms with Gasteiger partial charge in [-0.15, -0.1) is 0 Å². The molecule has 0 saturated carbocycles. The molecule has 0 unspecified atom stereocenters. The normalized spacial score (nSPS) is 31.1. The highest BCUT2D eigenvalue weighted by Crippen LogP contribution is 2.27. The summed E-state index contributed by atoms with van der Waals surface area (Å²) < 4.78 is 10.8. The summed E-state index contributed by atoms with van der Waals surface area (Å²) in [6, 6.07) is 9.26. The molecule has 0 spiro atoms. The zero-order valence-corrected chi connectivity index (χ0v) is 9.27. The summed E-state index contributed by atoms with van der Waals surface area (Å²) in [6.07, 6.45) is -3.50. The second-order valence-electron chi connectivity index (χ2n) is 3.99. The molecule has 1 aliphatic heterocycles. The van der Waals surface area contributed by atoms with Gasteiger partial charge in [0, 0.05) is 5.56 Å². The Morgan fingerprint density at radius 1 is 1.29 bits per heavy atom. The summed E-state index contributed by atoms with van der Waals surface area (Å²) in [5.41, 5.74) is 0.814. The van der Waals surface area contributed by atoms with E-state index in [2.05, 4.69) is 0 Å². The van der Waals surface area contributed by atoms with Crippen LogP contribution in [0.2, 0.25) is 0 Å². The van der Waals surface area contributed by atoms with Gasteiger partial charge in [0.25, 0.3) is 0 Å². The summed E-state index contributed by atoms with van der Waals surface area (Å²) in [5.74, 6) is 0. The predicted molar refractivity (Wildman–Crippen MR) is 59.1 cm³/mol. The Morgan fingerprint density at radius 3 is 2.65 bits per heavy atom. The van der Waals surface area contributed by atoms with Crippen molar-refractivity contribution in [3.8, 4) is 0 Å². The van der Waals surface area contributed by atoms with Crippen LogP contribution in [0, 0.1) is 0 Å². The number of ether oxygens (including phenoxy) is 2. The van der Waals surface area contributed by atoms with E-state index in [-0.39, 0.29) is 6.61 Å². The number of benzene rings is 1. The fraction of sp³-hybridized carbons (Fsp3) is 0.500. The number of hydrogen-bond donors (Lipinski definition) is 3. The fourth-order valence-corrected chi connectivity index (χ4v) is 1.79. The highest BCUT2D eigenvalue weighted by Gasteiger charge is 2.35. The van der Waals surface area contributed by atoms with E-state index < -0.39 is 31.2 Å². The average molecular weight is 240 g/mol. The lowest BCUT2D eigenvalue weighted by molar-refractivity contribution is -0.277. The molecular formula is C12H16O5. The van der Waals surface area contributed by atoms with Gasteiger partial charge < -0.3 is 24.8 Å². The van der Waals surface area contributed by atoms with E-state index >= 15 is 0 Å². The van der Waals surface area contributed by atoms with Crippen LogP contribution in [0.25, 0.3) is 0 Å². The molecule has 1 aromatic rings. The van der Waals surface area contributed by atoms with Crippen LogP contribution in [-0.2, 0) is 9.47 Å². The Kier molecular flexibility index (Phi) is 4.09. The van der Waals surface area contributed by atoms with Crippen LogP contribution in [0.1, 0.15) is 11.9 Å². The van der Waals surface area contributed by atoms with Crippen molar-refractivity contribution < 1.29 is 24.8 Å². The largest absolute Gasteiger partial charge is 0.394 e. The zero-order chi connectivity index (χ0) is 12.3. The van der Waals surface area contributed by atoms with Crippen LogP contribution in [0.5, 0.6) is 0 Å². The molecule has 2 rings (SSSR count). The van der Waals surface area contributed by atoms with Crippen LogP contribution in [0.3, 0.4) is 0 Å². The van der Waals surface area contributed by atoms with E-state index in [1.165, 1.54) is 0 Å². The van der Waals surface area contributed by atoms with Gasteiger partial charge in [0.15, 0.2) is 6.29 Å². The van der Waals surface area contributed by atoms with Gasteiger partial charge in [-0.25, -0.2) is 0 Å². The predicted octanol–water partition coefficient (Wildman–Crippen LogP) is -0.185. The Bertz CT molecular complexity index is 338. The standard InChI is InChI=1S/C12H16O5/c13-6-9(14)11-10(15)7-16-12(17-11)8-4-2-1-3-5-8/h1-5,9-15H,6-7H2/t9-,10-,11+,12+/m1/s1. The SMILES string of the molecule is OC[C@@H](O)[C@@H]1O[C@@H](c2ccccc2)OC[C@H]1O. The molecule has 17 heavy (non-hydrogen) atoms. The summed E-state index contributed by atoms with van der Waals surface area (Å²) in [4.78, 5) is 0. The molecule has 1 fully saturated rings. The highest BCUT2D eigenvalue weighted by molar-refractivity contribution is 5.16. The second-order valence-corrected chi connectivity index (χ2v) is 3.99. The molecule has 1 aliphatic rings. The molecule has 0 amide bonds. The van der Waals surface area contributed by atoms with E-state index in [0.717, 1.165) is 5.56 Å². The van der Waals surface area contributed by atoms with Crippen molar-refractivity contribution in [2.24, 2.45) is 0 Å². The van der Waals surface area contributed by atoms with Crippen molar-refractivity contribution in [2.45, 2.75) is 24.6 Å². The molecule has 0 bridgehead atoms. The minimum Gasteiger partial charge on any atom is -0.394 e. The van der Waals surface area contributed by atoms with E-state index in [0.29, 0.717) is 0 Å². The molecule has 0 radical (unpaired) electrons. The fourth-order valence-electron chi connectivity index (χ4n) is 1.79. The summed E-state index contributed by atoms with van der Waals surface area (Å²) in [7, 11) is 0. The van der Waals surface area contributed by atoms with Gasteiger partial charge in [0.1, 0.15) is 18.3 Å². The highest BCUT2D eigenvalue weighted by atomic mass is 16.7. The molecule has 94 valence electrons. The average Bonchev–Trinajstić information content (AvgIpc) is 2.39. The Labute approximate surface area is 99.2 Å². The van der Waals surface area contributed by atoms with Crippen LogP contribution in [0.15, 0.2) is 30.3 Å². The van der Waals surface area contributed by atoms with Gasteiger partial charge in [0.2, 0.25) is 0 Å². The molecule has 0 aromatic heterocycles. The smallest absolute Gasteiger partial charge is 0.184 e. The lowest BCUT2D eigenvalue weighted by Crippen LogP contribution is -2.48. The first-order valence-corrected chi connectivity index (χ1v) is 5.51. The van der Waals surface area contributed by atoms with Gasteiger partial charge >= 0.3 is 0 Å². The summed E-state index contributed by atoms with van der Waals surface area (Å²) in [5, 5.41) is 28.0. The van der Waals surface area contributed by atoms with Crippen LogP contribution < -0.4 is 0 Å². The van der Waals surface area contributed by atoms with E-state index in [9.17, 15) is 10.2 Å². The number of aliphatic hydroxyl groups excluding tert-OH is 3. The maximum Gasteiger partial charge on any atom is 0.184 e. The first kappa shape index (κ1) is 12.5. The van der Waals surface area contributed by atoms with Gasteiger partial charge in [0.05, 0.1) is 13.2 Å². The molecular weight excluding hydrogens is 224 g/mol. The Hall–Kier alpha value is -0.980. The first-order valence-electron chi connectivity index (χ1n) is 5.51. The first-order chi connectivity index (χ1) is 8.22. The third-order valence-corrected chi connectivity index (χ3v) is 2.72. The van der Waals surface area contributed by atoms with Crippen molar-refractivity contribution >= 4 is 0 Å². The van der Waals surface area contributed by atoms with Crippen molar-refractivity contribution in [1.82, 2.24) is 0 Å². The molecule has 4 atom stereocenters. The molecule has 1 heterocycles. The third-order valence-electron chi connectivity index (χ3n) is 2.72. The number of hydrogen-bond acceptors (Lipinski definition) is 5. The van der Waals surface area contributed by atoms with Crippen molar-refractivity contribution in [3.63, 3.8) is 0 Å². The van der Waals surface area contributed by atoms with Gasteiger partial charge in [-0.05, 0) is 0 Å². The van der Waals surface area contributed by atoms with Gasteiger partial charge in [-0.3, -0.25) is 0 Å². The van der Waals surface area contributed by atoms with Crippen molar-refractivity contribution in [1.29, 1.82) is 0 Å². The monoisotopic (exact) mass is 240 g/mol. The summed E-state index contributed by atoms with van der Waals surface area (Å²) in [6.45, 7) is -0.384. The minimum absolute atomic E-state index is 0.0707. The maximum absolute atomic E-state index is 9.61. The zero-order valence-electron chi connectivity index (χ0n) is 9.27. The Morgan fingerprint density at radius 2 is 2.00 bits per heavy atom. The van der Waals surface area contributed by atoms with Crippen LogP contribution >= 0.6 is 0 Å². The van der Waals surface area contributed by atoms with E-state index in [1.54, 1.807) is 0 Å². The number of rotatable bonds is 3. The second kappa shape index (κ2) is 5.57. The third kappa shape index (κ3) is 2.83. The molecule has 1 saturated heterocycles. The summed E-state index contributed by atoms with van der Waals surface area (Å²) >= 11 is 0. The lowest BCUT2D eigenvalue weighted by atomic mass is 10.1. The topological polar surface area (TPSA) is 79.2 Å². The van der Waals surface area contributed by atoms with E-state index in [4.69, 9.17) is 14.6 Å². The lowest BCUT2D eigenvalue weighted by Gasteiger charge is -2.36. The molecule has 0 aliphatic carbocycles. The minimum atomic E-state index is -1.11. The van der Waals surface area contributed by atoms with Gasteiger partial charge in [-0.1, -0.05) is 30.3 Å². The maximum atomic E-state index is 9.61. The molecule has 5 heteroatoms. The van der Waals surface area contributed by atoms with Gasteiger partial charge in [-0.2, -0.15) is 0 Å². The van der Waals surface area contributed by atoms with Crippen molar-refractivity contribution in [3.05, 3.63) is 35.9 Å². The molecule has 3 N–H and O–H groups in total. The van der Waals surface area contributed by atoms with Crippen LogP contribution in [0.4, 0.5) is 0 Å². The molecule has 1 aromatic carbocycles. The quantitative estimate of drug-likeness (QED) is 0.682.